The molecule has 0 aliphatic carbocycles. The summed E-state index contributed by atoms with van der Waals surface area (Å²) in [7, 11) is 0. The van der Waals surface area contributed by atoms with Gasteiger partial charge >= 0.3 is 0 Å². The topological polar surface area (TPSA) is 76.5 Å². The molecule has 0 saturated carbocycles. The Balaban J connectivity index is 1.23. The van der Waals surface area contributed by atoms with E-state index >= 15 is 0 Å². The van der Waals surface area contributed by atoms with Crippen molar-refractivity contribution in [2.24, 2.45) is 5.92 Å². The summed E-state index contributed by atoms with van der Waals surface area (Å²) in [4.78, 5) is 31.7. The maximum absolute atomic E-state index is 12.7. The van der Waals surface area contributed by atoms with Gasteiger partial charge in [-0.25, -0.2) is 4.98 Å². The first-order valence-electron chi connectivity index (χ1n) is 11.3. The van der Waals surface area contributed by atoms with Gasteiger partial charge in [0.2, 0.25) is 11.8 Å². The quantitative estimate of drug-likeness (QED) is 0.591. The van der Waals surface area contributed by atoms with Gasteiger partial charge in [-0.15, -0.1) is 0 Å². The fourth-order valence-electron chi connectivity index (χ4n) is 4.26. The maximum atomic E-state index is 12.7. The van der Waals surface area contributed by atoms with Crippen LogP contribution in [0.4, 0.5) is 0 Å². The van der Waals surface area contributed by atoms with Crippen molar-refractivity contribution in [2.45, 2.75) is 32.7 Å². The van der Waals surface area contributed by atoms with Crippen LogP contribution in [0.5, 0.6) is 5.75 Å². The van der Waals surface area contributed by atoms with Crippen LogP contribution in [-0.4, -0.2) is 52.5 Å². The van der Waals surface area contributed by atoms with E-state index in [2.05, 4.69) is 14.9 Å². The van der Waals surface area contributed by atoms with Gasteiger partial charge in [-0.3, -0.25) is 9.59 Å². The number of imidazole rings is 1. The van der Waals surface area contributed by atoms with E-state index in [1.54, 1.807) is 4.90 Å². The molecular weight excluding hydrogens is 404 g/mol. The molecule has 4 rings (SSSR count). The summed E-state index contributed by atoms with van der Waals surface area (Å²) in [6.45, 7) is 4.71. The number of piperidine rings is 1. The van der Waals surface area contributed by atoms with Crippen LogP contribution in [0.3, 0.4) is 0 Å². The molecule has 7 heteroatoms. The zero-order valence-electron chi connectivity index (χ0n) is 18.5. The number of benzene rings is 2. The number of nitrogens with zero attached hydrogens (tertiary/aromatic N) is 3. The molecule has 1 N–H and O–H groups in total. The third-order valence-corrected chi connectivity index (χ3v) is 5.95. The van der Waals surface area contributed by atoms with Crippen LogP contribution in [0.15, 0.2) is 54.6 Å². The average molecular weight is 435 g/mol. The first-order chi connectivity index (χ1) is 15.6. The summed E-state index contributed by atoms with van der Waals surface area (Å²) < 4.78 is 7.76. The molecule has 1 fully saturated rings. The maximum Gasteiger partial charge on any atom is 0.226 e. The second-order valence-electron chi connectivity index (χ2n) is 8.18. The monoisotopic (exact) mass is 434 g/mol. The van der Waals surface area contributed by atoms with Crippen LogP contribution in [0.25, 0.3) is 11.0 Å². The molecule has 1 aromatic heterocycles. The zero-order chi connectivity index (χ0) is 22.3. The summed E-state index contributed by atoms with van der Waals surface area (Å²) in [6, 6.07) is 17.5. The van der Waals surface area contributed by atoms with Crippen molar-refractivity contribution in [1.82, 2.24) is 19.8 Å². The lowest BCUT2D eigenvalue weighted by Gasteiger charge is -2.32. The molecule has 1 aliphatic heterocycles. The van der Waals surface area contributed by atoms with Gasteiger partial charge in [0, 0.05) is 26.2 Å². The number of amides is 2. The molecule has 168 valence electrons. The minimum atomic E-state index is -0.164. The number of ether oxygens (including phenoxy) is 1. The second kappa shape index (κ2) is 10.3. The molecule has 0 bridgehead atoms. The largest absolute Gasteiger partial charge is 0.493 e. The van der Waals surface area contributed by atoms with Gasteiger partial charge in [-0.05, 0) is 44.0 Å². The number of rotatable bonds is 8. The van der Waals surface area contributed by atoms with Crippen LogP contribution in [0, 0.1) is 12.8 Å². The molecule has 2 heterocycles. The van der Waals surface area contributed by atoms with Crippen molar-refractivity contribution in [3.8, 4) is 5.75 Å². The van der Waals surface area contributed by atoms with Crippen LogP contribution < -0.4 is 10.1 Å². The number of fused-ring (bicyclic) bond motifs is 1. The second-order valence-corrected chi connectivity index (χ2v) is 8.18. The van der Waals surface area contributed by atoms with E-state index in [0.717, 1.165) is 35.4 Å². The number of carbonyl (C=O) groups excluding carboxylic acids is 2. The van der Waals surface area contributed by atoms with E-state index in [4.69, 9.17) is 4.74 Å². The number of aryl methyl sites for hydroxylation is 1. The van der Waals surface area contributed by atoms with Gasteiger partial charge < -0.3 is 19.5 Å². The smallest absolute Gasteiger partial charge is 0.226 e. The lowest BCUT2D eigenvalue weighted by Crippen LogP contribution is -2.46. The molecule has 2 amide bonds. The fourth-order valence-corrected chi connectivity index (χ4v) is 4.26. The van der Waals surface area contributed by atoms with E-state index in [1.807, 2.05) is 61.5 Å². The van der Waals surface area contributed by atoms with Crippen LogP contribution >= 0.6 is 0 Å². The predicted molar refractivity (Wildman–Crippen MR) is 123 cm³/mol. The van der Waals surface area contributed by atoms with Gasteiger partial charge in [-0.2, -0.15) is 0 Å². The van der Waals surface area contributed by atoms with Crippen molar-refractivity contribution >= 4 is 22.8 Å². The zero-order valence-corrected chi connectivity index (χ0v) is 18.5. The number of para-hydroxylation sites is 3. The summed E-state index contributed by atoms with van der Waals surface area (Å²) in [5.74, 6) is 1.59. The number of hydrogen-bond donors (Lipinski definition) is 1. The van der Waals surface area contributed by atoms with Gasteiger partial charge in [0.25, 0.3) is 0 Å². The molecule has 7 nitrogen and oxygen atoms in total. The third-order valence-electron chi connectivity index (χ3n) is 5.95. The summed E-state index contributed by atoms with van der Waals surface area (Å²) in [5.41, 5.74) is 2.04. The van der Waals surface area contributed by atoms with Crippen LogP contribution in [0.2, 0.25) is 0 Å². The number of carbonyl (C=O) groups is 2. The Labute approximate surface area is 188 Å². The van der Waals surface area contributed by atoms with Crippen molar-refractivity contribution < 1.29 is 14.3 Å². The normalized spacial score (nSPS) is 16.2. The first kappa shape index (κ1) is 21.9. The van der Waals surface area contributed by atoms with Gasteiger partial charge in [0.15, 0.2) is 0 Å². The van der Waals surface area contributed by atoms with Crippen molar-refractivity contribution in [1.29, 1.82) is 0 Å². The minimum absolute atomic E-state index is 0.0186. The Morgan fingerprint density at radius 2 is 1.91 bits per heavy atom. The Bertz CT molecular complexity index is 1060. The molecule has 1 atom stereocenters. The highest BCUT2D eigenvalue weighted by Crippen LogP contribution is 2.18. The van der Waals surface area contributed by atoms with Crippen molar-refractivity contribution in [3.05, 3.63) is 60.4 Å². The SMILES string of the molecule is Cc1nc2ccccc2n1CCNC(=O)C1CCCN(C(=O)CCOc2ccccc2)C1. The van der Waals surface area contributed by atoms with Gasteiger partial charge in [0.05, 0.1) is 30.0 Å². The highest BCUT2D eigenvalue weighted by Gasteiger charge is 2.28. The van der Waals surface area contributed by atoms with Gasteiger partial charge in [-0.1, -0.05) is 30.3 Å². The Morgan fingerprint density at radius 1 is 1.12 bits per heavy atom. The molecule has 0 radical (unpaired) electrons. The molecule has 1 unspecified atom stereocenters. The van der Waals surface area contributed by atoms with Crippen LogP contribution in [-0.2, 0) is 16.1 Å². The predicted octanol–water partition coefficient (Wildman–Crippen LogP) is 3.17. The number of likely N-dealkylation sites (tertiary alicyclic amines) is 1. The summed E-state index contributed by atoms with van der Waals surface area (Å²) in [6.07, 6.45) is 1.97. The molecule has 3 aromatic rings. The molecule has 1 aliphatic rings. The highest BCUT2D eigenvalue weighted by atomic mass is 16.5. The highest BCUT2D eigenvalue weighted by molar-refractivity contribution is 5.81. The summed E-state index contributed by atoms with van der Waals surface area (Å²) in [5, 5.41) is 3.06. The third kappa shape index (κ3) is 5.28. The average Bonchev–Trinajstić information content (AvgIpc) is 3.14. The van der Waals surface area contributed by atoms with E-state index < -0.39 is 0 Å². The van der Waals surface area contributed by atoms with Crippen LogP contribution in [0.1, 0.15) is 25.1 Å². The Kier molecular flexibility index (Phi) is 7.04. The molecule has 32 heavy (non-hydrogen) atoms. The van der Waals surface area contributed by atoms with Crippen molar-refractivity contribution in [3.63, 3.8) is 0 Å². The number of nitrogens with one attached hydrogen (secondary N) is 1. The molecule has 2 aromatic carbocycles. The molecule has 0 spiro atoms. The number of hydrogen-bond acceptors (Lipinski definition) is 4. The van der Waals surface area contributed by atoms with E-state index in [0.29, 0.717) is 39.2 Å². The Morgan fingerprint density at radius 3 is 2.75 bits per heavy atom. The first-order valence-corrected chi connectivity index (χ1v) is 11.3. The summed E-state index contributed by atoms with van der Waals surface area (Å²) >= 11 is 0. The Hall–Kier alpha value is -3.35. The standard InChI is InChI=1S/C25H30N4O3/c1-19-27-22-11-5-6-12-23(22)29(19)16-14-26-25(31)20-8-7-15-28(18-20)24(30)13-17-32-21-9-3-2-4-10-21/h2-6,9-12,20H,7-8,13-18H2,1H3,(H,26,31). The van der Waals surface area contributed by atoms with Gasteiger partial charge in [0.1, 0.15) is 11.6 Å². The molecule has 1 saturated heterocycles. The van der Waals surface area contributed by atoms with E-state index in [1.165, 1.54) is 0 Å². The minimum Gasteiger partial charge on any atom is -0.493 e. The lowest BCUT2D eigenvalue weighted by atomic mass is 9.97. The fraction of sp³-hybridized carbons (Fsp3) is 0.400. The number of aromatic nitrogens is 2. The van der Waals surface area contributed by atoms with Crippen molar-refractivity contribution in [2.75, 3.05) is 26.2 Å². The van der Waals surface area contributed by atoms with E-state index in [9.17, 15) is 9.59 Å². The lowest BCUT2D eigenvalue weighted by molar-refractivity contribution is -0.136. The molecular formula is C25H30N4O3. The van der Waals surface area contributed by atoms with E-state index in [-0.39, 0.29) is 17.7 Å².